The van der Waals surface area contributed by atoms with Crippen molar-refractivity contribution in [3.8, 4) is 17.2 Å². The lowest BCUT2D eigenvalue weighted by molar-refractivity contribution is -0.150. The van der Waals surface area contributed by atoms with Gasteiger partial charge in [-0.2, -0.15) is 0 Å². The molecule has 0 radical (unpaired) electrons. The van der Waals surface area contributed by atoms with Gasteiger partial charge < -0.3 is 25.4 Å². The molecule has 86 valence electrons. The van der Waals surface area contributed by atoms with E-state index in [0.29, 0.717) is 0 Å². The van der Waals surface area contributed by atoms with Crippen molar-refractivity contribution in [2.24, 2.45) is 0 Å². The molecule has 0 spiro atoms. The minimum atomic E-state index is -1.17. The van der Waals surface area contributed by atoms with E-state index >= 15 is 0 Å². The molecule has 1 amide bonds. The number of esters is 1. The van der Waals surface area contributed by atoms with Crippen LogP contribution in [-0.4, -0.2) is 34.3 Å². The van der Waals surface area contributed by atoms with Crippen LogP contribution in [0.25, 0.3) is 0 Å². The lowest BCUT2D eigenvalue weighted by Gasteiger charge is -2.08. The highest BCUT2D eigenvalue weighted by atomic mass is 16.5. The molecule has 0 fully saturated rings. The fraction of sp³-hybridized carbons (Fsp3) is 0.111. The SMILES string of the molecule is COC(=O)C(=O)Nc1c(O)cc(O)cc1O. The molecule has 16 heavy (non-hydrogen) atoms. The van der Waals surface area contributed by atoms with Crippen molar-refractivity contribution in [3.63, 3.8) is 0 Å². The third kappa shape index (κ3) is 2.32. The molecule has 0 saturated carbocycles. The molecule has 4 N–H and O–H groups in total. The summed E-state index contributed by atoms with van der Waals surface area (Å²) in [4.78, 5) is 21.8. The highest BCUT2D eigenvalue weighted by Gasteiger charge is 2.18. The topological polar surface area (TPSA) is 116 Å². The van der Waals surface area contributed by atoms with Crippen LogP contribution in [0, 0.1) is 0 Å². The molecular weight excluding hydrogens is 218 g/mol. The number of phenols is 3. The molecule has 0 aromatic heterocycles. The predicted octanol–water partition coefficient (Wildman–Crippen LogP) is -0.0851. The molecule has 0 bridgehead atoms. The summed E-state index contributed by atoms with van der Waals surface area (Å²) in [6.45, 7) is 0. The van der Waals surface area contributed by atoms with Crippen molar-refractivity contribution in [1.82, 2.24) is 0 Å². The average molecular weight is 227 g/mol. The summed E-state index contributed by atoms with van der Waals surface area (Å²) >= 11 is 0. The summed E-state index contributed by atoms with van der Waals surface area (Å²) in [5, 5.41) is 29.5. The fourth-order valence-electron chi connectivity index (χ4n) is 0.983. The van der Waals surface area contributed by atoms with Crippen molar-refractivity contribution in [3.05, 3.63) is 12.1 Å². The van der Waals surface area contributed by atoms with E-state index in [2.05, 4.69) is 4.74 Å². The van der Waals surface area contributed by atoms with Gasteiger partial charge in [-0.3, -0.25) is 4.79 Å². The number of benzene rings is 1. The Hall–Kier alpha value is -2.44. The summed E-state index contributed by atoms with van der Waals surface area (Å²) < 4.78 is 4.12. The summed E-state index contributed by atoms with van der Waals surface area (Å²) in [5.74, 6) is -3.86. The van der Waals surface area contributed by atoms with Gasteiger partial charge in [0.25, 0.3) is 0 Å². The first-order chi connectivity index (χ1) is 7.45. The van der Waals surface area contributed by atoms with Gasteiger partial charge in [0.15, 0.2) is 0 Å². The number of methoxy groups -OCH3 is 1. The Morgan fingerprint density at radius 1 is 1.19 bits per heavy atom. The maximum absolute atomic E-state index is 11.1. The van der Waals surface area contributed by atoms with Crippen LogP contribution in [0.4, 0.5) is 5.69 Å². The minimum absolute atomic E-state index is 0.381. The van der Waals surface area contributed by atoms with Gasteiger partial charge in [0.2, 0.25) is 0 Å². The summed E-state index contributed by atoms with van der Waals surface area (Å²) in [6, 6.07) is 1.79. The van der Waals surface area contributed by atoms with Gasteiger partial charge >= 0.3 is 11.9 Å². The molecule has 1 aromatic carbocycles. The number of hydrogen-bond donors (Lipinski definition) is 4. The van der Waals surface area contributed by atoms with Gasteiger partial charge in [0.1, 0.15) is 22.9 Å². The number of carbonyl (C=O) groups is 2. The van der Waals surface area contributed by atoms with Gasteiger partial charge in [-0.15, -0.1) is 0 Å². The van der Waals surface area contributed by atoms with Crippen molar-refractivity contribution in [2.45, 2.75) is 0 Å². The number of phenolic OH excluding ortho intramolecular Hbond substituents is 3. The number of amides is 1. The van der Waals surface area contributed by atoms with E-state index in [9.17, 15) is 19.8 Å². The van der Waals surface area contributed by atoms with E-state index in [1.54, 1.807) is 0 Å². The fourth-order valence-corrected chi connectivity index (χ4v) is 0.983. The largest absolute Gasteiger partial charge is 0.508 e. The molecule has 1 aromatic rings. The number of carbonyl (C=O) groups excluding carboxylic acids is 2. The predicted molar refractivity (Wildman–Crippen MR) is 52.1 cm³/mol. The molecule has 7 nitrogen and oxygen atoms in total. The molecule has 0 aliphatic heterocycles. The average Bonchev–Trinajstić information content (AvgIpc) is 2.21. The lowest BCUT2D eigenvalue weighted by Crippen LogP contribution is -2.23. The van der Waals surface area contributed by atoms with Crippen LogP contribution in [0.15, 0.2) is 12.1 Å². The highest BCUT2D eigenvalue weighted by Crippen LogP contribution is 2.36. The van der Waals surface area contributed by atoms with E-state index in [0.717, 1.165) is 19.2 Å². The van der Waals surface area contributed by atoms with Crippen LogP contribution >= 0.6 is 0 Å². The number of anilines is 1. The summed E-state index contributed by atoms with van der Waals surface area (Å²) in [5.41, 5.74) is -0.381. The Morgan fingerprint density at radius 3 is 2.12 bits per heavy atom. The van der Waals surface area contributed by atoms with E-state index in [1.165, 1.54) is 0 Å². The van der Waals surface area contributed by atoms with E-state index in [4.69, 9.17) is 5.11 Å². The molecule has 0 aliphatic carbocycles. The number of ether oxygens (including phenoxy) is 1. The molecular formula is C9H9NO6. The lowest BCUT2D eigenvalue weighted by atomic mass is 10.2. The van der Waals surface area contributed by atoms with Crippen molar-refractivity contribution < 1.29 is 29.6 Å². The molecule has 0 heterocycles. The van der Waals surface area contributed by atoms with E-state index in [1.807, 2.05) is 5.32 Å². The van der Waals surface area contributed by atoms with Crippen LogP contribution in [0.5, 0.6) is 17.2 Å². The van der Waals surface area contributed by atoms with Gasteiger partial charge in [0.05, 0.1) is 7.11 Å². The zero-order valence-electron chi connectivity index (χ0n) is 8.22. The zero-order valence-corrected chi connectivity index (χ0v) is 8.22. The Labute approximate surface area is 89.9 Å². The van der Waals surface area contributed by atoms with Crippen LogP contribution in [0.1, 0.15) is 0 Å². The van der Waals surface area contributed by atoms with Gasteiger partial charge in [-0.05, 0) is 0 Å². The van der Waals surface area contributed by atoms with Gasteiger partial charge in [-0.25, -0.2) is 4.79 Å². The standard InChI is InChI=1S/C9H9NO6/c1-16-9(15)8(14)10-7-5(12)2-4(11)3-6(7)13/h2-3,11-13H,1H3,(H,10,14). The Balaban J connectivity index is 2.98. The Kier molecular flexibility index (Phi) is 3.19. The number of aromatic hydroxyl groups is 3. The third-order valence-electron chi connectivity index (χ3n) is 1.69. The second-order valence-corrected chi connectivity index (χ2v) is 2.80. The molecule has 0 aliphatic rings. The maximum Gasteiger partial charge on any atom is 0.396 e. The maximum atomic E-state index is 11.1. The summed E-state index contributed by atoms with van der Waals surface area (Å²) in [6.07, 6.45) is 0. The van der Waals surface area contributed by atoms with E-state index in [-0.39, 0.29) is 11.4 Å². The third-order valence-corrected chi connectivity index (χ3v) is 1.69. The number of nitrogens with one attached hydrogen (secondary N) is 1. The van der Waals surface area contributed by atoms with Crippen molar-refractivity contribution in [1.29, 1.82) is 0 Å². The molecule has 7 heteroatoms. The summed E-state index contributed by atoms with van der Waals surface area (Å²) in [7, 11) is 1.01. The van der Waals surface area contributed by atoms with Crippen LogP contribution in [0.2, 0.25) is 0 Å². The minimum Gasteiger partial charge on any atom is -0.508 e. The molecule has 0 saturated heterocycles. The Bertz CT molecular complexity index is 419. The van der Waals surface area contributed by atoms with Crippen molar-refractivity contribution >= 4 is 17.6 Å². The first-order valence-corrected chi connectivity index (χ1v) is 4.10. The van der Waals surface area contributed by atoms with Gasteiger partial charge in [0, 0.05) is 12.1 Å². The normalized spacial score (nSPS) is 9.56. The number of rotatable bonds is 1. The zero-order chi connectivity index (χ0) is 12.3. The Morgan fingerprint density at radius 2 is 1.69 bits per heavy atom. The van der Waals surface area contributed by atoms with Crippen LogP contribution < -0.4 is 5.32 Å². The highest BCUT2D eigenvalue weighted by molar-refractivity contribution is 6.37. The van der Waals surface area contributed by atoms with Crippen LogP contribution in [0.3, 0.4) is 0 Å². The number of hydrogen-bond acceptors (Lipinski definition) is 6. The molecule has 1 rings (SSSR count). The smallest absolute Gasteiger partial charge is 0.396 e. The monoisotopic (exact) mass is 227 g/mol. The second-order valence-electron chi connectivity index (χ2n) is 2.80. The second kappa shape index (κ2) is 4.39. The van der Waals surface area contributed by atoms with Gasteiger partial charge in [-0.1, -0.05) is 0 Å². The first-order valence-electron chi connectivity index (χ1n) is 4.10. The van der Waals surface area contributed by atoms with Crippen LogP contribution in [-0.2, 0) is 14.3 Å². The van der Waals surface area contributed by atoms with E-state index < -0.39 is 23.4 Å². The molecule has 0 unspecified atom stereocenters. The van der Waals surface area contributed by atoms with Crippen molar-refractivity contribution in [2.75, 3.05) is 12.4 Å². The molecule has 0 atom stereocenters. The quantitative estimate of drug-likeness (QED) is 0.231. The first kappa shape index (κ1) is 11.6.